The summed E-state index contributed by atoms with van der Waals surface area (Å²) in [7, 11) is 1.48. The molecule has 8 heteroatoms. The molecule has 0 aliphatic heterocycles. The molecule has 2 aromatic rings. The lowest BCUT2D eigenvalue weighted by Gasteiger charge is -2.07. The first-order valence-corrected chi connectivity index (χ1v) is 5.76. The normalized spacial score (nSPS) is 9.95. The first kappa shape index (κ1) is 14.3. The minimum atomic E-state index is -0.734. The molecule has 0 N–H and O–H groups in total. The van der Waals surface area contributed by atoms with Gasteiger partial charge in [-0.3, -0.25) is 20.2 Å². The quantitative estimate of drug-likeness (QED) is 0.618. The smallest absolute Gasteiger partial charge is 0.318 e. The average molecular weight is 290 g/mol. The maximum atomic E-state index is 11.0. The van der Waals surface area contributed by atoms with E-state index < -0.39 is 15.5 Å². The molecule has 0 saturated heterocycles. The highest BCUT2D eigenvalue weighted by atomic mass is 16.6. The van der Waals surface area contributed by atoms with Crippen LogP contribution in [0.4, 0.5) is 11.4 Å². The summed E-state index contributed by atoms with van der Waals surface area (Å²) in [6.45, 7) is 0. The molecule has 0 aliphatic carbocycles. The second kappa shape index (κ2) is 5.87. The van der Waals surface area contributed by atoms with Crippen molar-refractivity contribution < 1.29 is 19.3 Å². The number of hydrogen-bond acceptors (Lipinski definition) is 6. The number of ether oxygens (including phenoxy) is 2. The Kier molecular flexibility index (Phi) is 3.98. The van der Waals surface area contributed by atoms with Crippen LogP contribution in [0, 0.1) is 20.2 Å². The number of nitro groups is 2. The number of rotatable bonds is 5. The summed E-state index contributed by atoms with van der Waals surface area (Å²) >= 11 is 0. The van der Waals surface area contributed by atoms with Crippen LogP contribution in [0.3, 0.4) is 0 Å². The van der Waals surface area contributed by atoms with Crippen LogP contribution < -0.4 is 9.47 Å². The van der Waals surface area contributed by atoms with E-state index in [1.54, 1.807) is 24.3 Å². The molecule has 2 rings (SSSR count). The third-order valence-electron chi connectivity index (χ3n) is 2.62. The number of nitro benzene ring substituents is 2. The van der Waals surface area contributed by atoms with E-state index >= 15 is 0 Å². The van der Waals surface area contributed by atoms with E-state index in [9.17, 15) is 20.2 Å². The van der Waals surface area contributed by atoms with Crippen molar-refractivity contribution in [3.63, 3.8) is 0 Å². The summed E-state index contributed by atoms with van der Waals surface area (Å²) in [5.41, 5.74) is -0.855. The van der Waals surface area contributed by atoms with Gasteiger partial charge < -0.3 is 9.47 Å². The van der Waals surface area contributed by atoms with Gasteiger partial charge in [-0.15, -0.1) is 0 Å². The predicted molar refractivity (Wildman–Crippen MR) is 72.8 cm³/mol. The standard InChI is InChI=1S/C13H10N2O6/c1-20-10-3-2-4-11(8-10)21-13-6-5-9(14(16)17)7-12(13)15(18)19/h2-8H,1H3. The summed E-state index contributed by atoms with van der Waals surface area (Å²) in [6.07, 6.45) is 0. The number of hydrogen-bond donors (Lipinski definition) is 0. The van der Waals surface area contributed by atoms with Gasteiger partial charge in [0.1, 0.15) is 11.5 Å². The van der Waals surface area contributed by atoms with Crippen LogP contribution in [-0.4, -0.2) is 17.0 Å². The molecule has 21 heavy (non-hydrogen) atoms. The van der Waals surface area contributed by atoms with Crippen molar-refractivity contribution in [1.29, 1.82) is 0 Å². The Morgan fingerprint density at radius 2 is 1.67 bits per heavy atom. The van der Waals surface area contributed by atoms with Crippen molar-refractivity contribution >= 4 is 11.4 Å². The number of benzene rings is 2. The highest BCUT2D eigenvalue weighted by molar-refractivity contribution is 5.55. The maximum Gasteiger partial charge on any atom is 0.318 e. The van der Waals surface area contributed by atoms with E-state index in [2.05, 4.69) is 0 Å². The maximum absolute atomic E-state index is 11.0. The SMILES string of the molecule is COc1cccc(Oc2ccc([N+](=O)[O-])cc2[N+](=O)[O-])c1. The Morgan fingerprint density at radius 3 is 2.29 bits per heavy atom. The summed E-state index contributed by atoms with van der Waals surface area (Å²) in [6, 6.07) is 9.68. The monoisotopic (exact) mass is 290 g/mol. The van der Waals surface area contributed by atoms with Crippen LogP contribution >= 0.6 is 0 Å². The Labute approximate surface area is 118 Å². The van der Waals surface area contributed by atoms with Gasteiger partial charge in [-0.1, -0.05) is 6.07 Å². The van der Waals surface area contributed by atoms with Gasteiger partial charge in [0.05, 0.1) is 23.0 Å². The predicted octanol–water partition coefficient (Wildman–Crippen LogP) is 3.30. The van der Waals surface area contributed by atoms with Crippen molar-refractivity contribution in [3.05, 3.63) is 62.7 Å². The van der Waals surface area contributed by atoms with E-state index in [1.807, 2.05) is 0 Å². The minimum Gasteiger partial charge on any atom is -0.497 e. The highest BCUT2D eigenvalue weighted by Crippen LogP contribution is 2.35. The fraction of sp³-hybridized carbons (Fsp3) is 0.0769. The first-order valence-electron chi connectivity index (χ1n) is 5.76. The molecule has 8 nitrogen and oxygen atoms in total. The fourth-order valence-corrected chi connectivity index (χ4v) is 1.64. The number of methoxy groups -OCH3 is 1. The zero-order chi connectivity index (χ0) is 15.4. The van der Waals surface area contributed by atoms with E-state index in [4.69, 9.17) is 9.47 Å². The average Bonchev–Trinajstić information content (AvgIpc) is 2.47. The molecule has 0 aliphatic rings. The van der Waals surface area contributed by atoms with Gasteiger partial charge in [-0.25, -0.2) is 0 Å². The van der Waals surface area contributed by atoms with Crippen LogP contribution in [0.25, 0.3) is 0 Å². The number of nitrogens with zero attached hydrogens (tertiary/aromatic N) is 2. The number of non-ortho nitro benzene ring substituents is 1. The largest absolute Gasteiger partial charge is 0.497 e. The zero-order valence-corrected chi connectivity index (χ0v) is 10.9. The lowest BCUT2D eigenvalue weighted by atomic mass is 10.2. The summed E-state index contributed by atoms with van der Waals surface area (Å²) in [5.74, 6) is 0.766. The van der Waals surface area contributed by atoms with Crippen molar-refractivity contribution in [2.75, 3.05) is 7.11 Å². The molecule has 0 bridgehead atoms. The Hall–Kier alpha value is -3.16. The molecular weight excluding hydrogens is 280 g/mol. The van der Waals surface area contributed by atoms with Crippen LogP contribution in [0.15, 0.2) is 42.5 Å². The van der Waals surface area contributed by atoms with Gasteiger partial charge in [-0.05, 0) is 18.2 Å². The molecule has 0 atom stereocenters. The van der Waals surface area contributed by atoms with E-state index in [0.29, 0.717) is 11.5 Å². The van der Waals surface area contributed by atoms with Gasteiger partial charge in [0.15, 0.2) is 0 Å². The molecular formula is C13H10N2O6. The van der Waals surface area contributed by atoms with Crippen molar-refractivity contribution in [3.8, 4) is 17.2 Å². The van der Waals surface area contributed by atoms with Gasteiger partial charge in [-0.2, -0.15) is 0 Å². The Balaban J connectivity index is 2.38. The Morgan fingerprint density at radius 1 is 0.952 bits per heavy atom. The highest BCUT2D eigenvalue weighted by Gasteiger charge is 2.21. The molecule has 0 spiro atoms. The molecule has 108 valence electrons. The molecule has 0 amide bonds. The van der Waals surface area contributed by atoms with Crippen LogP contribution in [-0.2, 0) is 0 Å². The van der Waals surface area contributed by atoms with Crippen molar-refractivity contribution in [2.24, 2.45) is 0 Å². The van der Waals surface area contributed by atoms with Crippen molar-refractivity contribution in [1.82, 2.24) is 0 Å². The molecule has 0 unspecified atom stereocenters. The van der Waals surface area contributed by atoms with Gasteiger partial charge in [0.2, 0.25) is 5.75 Å². The van der Waals surface area contributed by atoms with Crippen molar-refractivity contribution in [2.45, 2.75) is 0 Å². The third kappa shape index (κ3) is 3.24. The lowest BCUT2D eigenvalue weighted by Crippen LogP contribution is -1.96. The van der Waals surface area contributed by atoms with E-state index in [0.717, 1.165) is 12.1 Å². The second-order valence-corrected chi connectivity index (χ2v) is 3.95. The second-order valence-electron chi connectivity index (χ2n) is 3.95. The van der Waals surface area contributed by atoms with Gasteiger partial charge >= 0.3 is 5.69 Å². The van der Waals surface area contributed by atoms with Crippen LogP contribution in [0.1, 0.15) is 0 Å². The van der Waals surface area contributed by atoms with E-state index in [-0.39, 0.29) is 11.4 Å². The van der Waals surface area contributed by atoms with Gasteiger partial charge in [0.25, 0.3) is 5.69 Å². The topological polar surface area (TPSA) is 105 Å². The molecule has 0 aromatic heterocycles. The summed E-state index contributed by atoms with van der Waals surface area (Å²) in [4.78, 5) is 20.2. The zero-order valence-electron chi connectivity index (χ0n) is 10.9. The molecule has 0 heterocycles. The third-order valence-corrected chi connectivity index (χ3v) is 2.62. The van der Waals surface area contributed by atoms with Crippen LogP contribution in [0.5, 0.6) is 17.2 Å². The van der Waals surface area contributed by atoms with Crippen LogP contribution in [0.2, 0.25) is 0 Å². The van der Waals surface area contributed by atoms with Gasteiger partial charge in [0, 0.05) is 12.1 Å². The fourth-order valence-electron chi connectivity index (χ4n) is 1.64. The lowest BCUT2D eigenvalue weighted by molar-refractivity contribution is -0.394. The summed E-state index contributed by atoms with van der Waals surface area (Å²) < 4.78 is 10.4. The molecule has 0 radical (unpaired) electrons. The first-order chi connectivity index (χ1) is 10.0. The molecule has 0 fully saturated rings. The minimum absolute atomic E-state index is 0.0844. The molecule has 2 aromatic carbocycles. The summed E-state index contributed by atoms with van der Waals surface area (Å²) in [5, 5.41) is 21.6. The Bertz CT molecular complexity index is 701. The molecule has 0 saturated carbocycles. The van der Waals surface area contributed by atoms with E-state index in [1.165, 1.54) is 13.2 Å².